The molecule has 0 saturated heterocycles. The number of aliphatic hydroxyl groups is 4. The van der Waals surface area contributed by atoms with Crippen molar-refractivity contribution in [2.24, 2.45) is 22.7 Å². The van der Waals surface area contributed by atoms with Gasteiger partial charge in [0.15, 0.2) is 0 Å². The van der Waals surface area contributed by atoms with Crippen LogP contribution in [0.2, 0.25) is 0 Å². The molecule has 2 rings (SSSR count). The molecule has 0 aromatic carbocycles. The number of fused-ring (bicyclic) bond motifs is 1. The number of hydrogen-bond donors (Lipinski definition) is 4. The lowest BCUT2D eigenvalue weighted by atomic mass is 9.44. The maximum absolute atomic E-state index is 11.0. The highest BCUT2D eigenvalue weighted by Gasteiger charge is 2.64. The van der Waals surface area contributed by atoms with Crippen LogP contribution in [0.3, 0.4) is 0 Å². The third-order valence-electron chi connectivity index (χ3n) is 6.73. The average Bonchev–Trinajstić information content (AvgIpc) is 2.43. The summed E-state index contributed by atoms with van der Waals surface area (Å²) in [6, 6.07) is 0. The lowest BCUT2D eigenvalue weighted by molar-refractivity contribution is -0.255. The minimum atomic E-state index is -1.47. The summed E-state index contributed by atoms with van der Waals surface area (Å²) >= 11 is 0. The minimum absolute atomic E-state index is 0.127. The molecule has 2 fully saturated rings. The van der Waals surface area contributed by atoms with Gasteiger partial charge in [-0.25, -0.2) is 0 Å². The van der Waals surface area contributed by atoms with Gasteiger partial charge >= 0.3 is 0 Å². The van der Waals surface area contributed by atoms with Gasteiger partial charge in [0.25, 0.3) is 0 Å². The SMILES string of the molecule is C=C[C@@](C)(O)/C=C/[C@H]1[C@](C)(O)[C@@H](O)[C@H](O)C2C(C)(C)CCC[C@@]21C. The van der Waals surface area contributed by atoms with E-state index in [4.69, 9.17) is 0 Å². The van der Waals surface area contributed by atoms with Gasteiger partial charge in [-0.05, 0) is 43.4 Å². The second-order valence-electron chi connectivity index (χ2n) is 9.25. The van der Waals surface area contributed by atoms with Gasteiger partial charge < -0.3 is 20.4 Å². The lowest BCUT2D eigenvalue weighted by Crippen LogP contribution is -2.69. The van der Waals surface area contributed by atoms with E-state index in [0.717, 1.165) is 19.3 Å². The minimum Gasteiger partial charge on any atom is -0.390 e. The molecule has 0 aromatic heterocycles. The summed E-state index contributed by atoms with van der Waals surface area (Å²) in [6.45, 7) is 13.2. The van der Waals surface area contributed by atoms with Crippen LogP contribution < -0.4 is 0 Å². The van der Waals surface area contributed by atoms with Crippen molar-refractivity contribution in [2.45, 2.75) is 77.3 Å². The van der Waals surface area contributed by atoms with Gasteiger partial charge in [0, 0.05) is 5.92 Å². The van der Waals surface area contributed by atoms with Crippen LogP contribution in [0.1, 0.15) is 53.9 Å². The Kier molecular flexibility index (Phi) is 4.86. The van der Waals surface area contributed by atoms with Gasteiger partial charge in [0.2, 0.25) is 0 Å². The van der Waals surface area contributed by atoms with Gasteiger partial charge in [0.1, 0.15) is 6.10 Å². The van der Waals surface area contributed by atoms with Crippen LogP contribution in [0, 0.1) is 22.7 Å². The molecule has 4 nitrogen and oxygen atoms in total. The van der Waals surface area contributed by atoms with Crippen molar-refractivity contribution >= 4 is 0 Å². The number of hydrogen-bond acceptors (Lipinski definition) is 4. The Balaban J connectivity index is 2.55. The summed E-state index contributed by atoms with van der Waals surface area (Å²) in [5.74, 6) is -0.503. The topological polar surface area (TPSA) is 80.9 Å². The molecule has 0 amide bonds. The van der Waals surface area contributed by atoms with Crippen molar-refractivity contribution in [2.75, 3.05) is 0 Å². The van der Waals surface area contributed by atoms with Crippen LogP contribution in [-0.2, 0) is 0 Å². The number of aliphatic hydroxyl groups excluding tert-OH is 2. The molecule has 4 heteroatoms. The Morgan fingerprint density at radius 2 is 1.71 bits per heavy atom. The van der Waals surface area contributed by atoms with E-state index in [9.17, 15) is 20.4 Å². The molecule has 4 N–H and O–H groups in total. The standard InChI is InChI=1S/C20H34O4/c1-7-18(4,23)12-9-13-19(5)11-8-10-17(2,3)15(19)14(21)16(22)20(13,6)24/h7,9,12-16,21-24H,1,8,10-11H2,2-6H3/b12-9+/t13-,14-,15?,16+,18-,19-,20+/m1/s1. The molecular formula is C20H34O4. The summed E-state index contributed by atoms with van der Waals surface area (Å²) in [7, 11) is 0. The van der Waals surface area contributed by atoms with Gasteiger partial charge in [-0.15, -0.1) is 0 Å². The van der Waals surface area contributed by atoms with Crippen LogP contribution in [0.4, 0.5) is 0 Å². The van der Waals surface area contributed by atoms with E-state index in [1.807, 2.05) is 6.08 Å². The van der Waals surface area contributed by atoms with Crippen LogP contribution in [0.5, 0.6) is 0 Å². The molecule has 1 unspecified atom stereocenters. The van der Waals surface area contributed by atoms with E-state index in [0.29, 0.717) is 0 Å². The van der Waals surface area contributed by atoms with Gasteiger partial charge in [-0.2, -0.15) is 0 Å². The maximum Gasteiger partial charge on any atom is 0.109 e. The monoisotopic (exact) mass is 338 g/mol. The van der Waals surface area contributed by atoms with Crippen LogP contribution in [0.25, 0.3) is 0 Å². The van der Waals surface area contributed by atoms with Crippen molar-refractivity contribution in [1.82, 2.24) is 0 Å². The van der Waals surface area contributed by atoms with E-state index in [1.165, 1.54) is 6.08 Å². The van der Waals surface area contributed by atoms with E-state index in [-0.39, 0.29) is 22.7 Å². The fraction of sp³-hybridized carbons (Fsp3) is 0.800. The van der Waals surface area contributed by atoms with E-state index >= 15 is 0 Å². The molecular weight excluding hydrogens is 304 g/mol. The molecule has 2 aliphatic rings. The molecule has 0 heterocycles. The van der Waals surface area contributed by atoms with Gasteiger partial charge in [0.05, 0.1) is 17.3 Å². The molecule has 0 bridgehead atoms. The van der Waals surface area contributed by atoms with Crippen LogP contribution in [-0.4, -0.2) is 43.8 Å². The van der Waals surface area contributed by atoms with Crippen molar-refractivity contribution < 1.29 is 20.4 Å². The Morgan fingerprint density at radius 3 is 2.25 bits per heavy atom. The first-order chi connectivity index (χ1) is 10.8. The predicted molar refractivity (Wildman–Crippen MR) is 95.3 cm³/mol. The van der Waals surface area contributed by atoms with E-state index < -0.39 is 23.4 Å². The zero-order valence-electron chi connectivity index (χ0n) is 15.7. The molecule has 2 saturated carbocycles. The lowest BCUT2D eigenvalue weighted by Gasteiger charge is -2.63. The van der Waals surface area contributed by atoms with E-state index in [1.54, 1.807) is 19.9 Å². The normalized spacial score (nSPS) is 47.9. The van der Waals surface area contributed by atoms with Crippen LogP contribution >= 0.6 is 0 Å². The summed E-state index contributed by atoms with van der Waals surface area (Å²) in [5, 5.41) is 42.7. The second-order valence-corrected chi connectivity index (χ2v) is 9.25. The zero-order chi connectivity index (χ0) is 18.6. The predicted octanol–water partition coefficient (Wildman–Crippen LogP) is 2.41. The highest BCUT2D eigenvalue weighted by molar-refractivity contribution is 5.21. The Bertz CT molecular complexity index is 520. The quantitative estimate of drug-likeness (QED) is 0.596. The summed E-state index contributed by atoms with van der Waals surface area (Å²) in [6.07, 6.45) is 5.56. The maximum atomic E-state index is 11.0. The molecule has 24 heavy (non-hydrogen) atoms. The molecule has 0 radical (unpaired) electrons. The van der Waals surface area contributed by atoms with Crippen molar-refractivity contribution in [3.05, 3.63) is 24.8 Å². The molecule has 0 spiro atoms. The summed E-state index contributed by atoms with van der Waals surface area (Å²) in [4.78, 5) is 0. The fourth-order valence-corrected chi connectivity index (χ4v) is 5.48. The third kappa shape index (κ3) is 2.98. The Labute approximate surface area is 145 Å². The first-order valence-corrected chi connectivity index (χ1v) is 8.93. The molecule has 0 aliphatic heterocycles. The van der Waals surface area contributed by atoms with Crippen LogP contribution in [0.15, 0.2) is 24.8 Å². The highest BCUT2D eigenvalue weighted by atomic mass is 16.4. The Morgan fingerprint density at radius 1 is 1.12 bits per heavy atom. The highest BCUT2D eigenvalue weighted by Crippen LogP contribution is 2.62. The fourth-order valence-electron chi connectivity index (χ4n) is 5.48. The van der Waals surface area contributed by atoms with Crippen molar-refractivity contribution in [3.8, 4) is 0 Å². The Hall–Kier alpha value is -0.680. The van der Waals surface area contributed by atoms with Crippen molar-refractivity contribution in [3.63, 3.8) is 0 Å². The smallest absolute Gasteiger partial charge is 0.109 e. The third-order valence-corrected chi connectivity index (χ3v) is 6.73. The molecule has 7 atom stereocenters. The number of rotatable bonds is 3. The van der Waals surface area contributed by atoms with E-state index in [2.05, 4.69) is 27.4 Å². The summed E-state index contributed by atoms with van der Waals surface area (Å²) in [5.41, 5.74) is -3.13. The molecule has 0 aromatic rings. The largest absolute Gasteiger partial charge is 0.390 e. The molecule has 2 aliphatic carbocycles. The first kappa shape index (κ1) is 19.6. The summed E-state index contributed by atoms with van der Waals surface area (Å²) < 4.78 is 0. The molecule has 138 valence electrons. The zero-order valence-corrected chi connectivity index (χ0v) is 15.7. The first-order valence-electron chi connectivity index (χ1n) is 8.93. The van der Waals surface area contributed by atoms with Crippen molar-refractivity contribution in [1.29, 1.82) is 0 Å². The van der Waals surface area contributed by atoms with Gasteiger partial charge in [-0.1, -0.05) is 52.0 Å². The second kappa shape index (κ2) is 5.94. The van der Waals surface area contributed by atoms with Gasteiger partial charge in [-0.3, -0.25) is 0 Å². The average molecular weight is 338 g/mol.